The van der Waals surface area contributed by atoms with E-state index in [0.717, 1.165) is 31.1 Å². The molecule has 0 amide bonds. The third kappa shape index (κ3) is 1.17. The minimum absolute atomic E-state index is 0.0600. The lowest BCUT2D eigenvalue weighted by Crippen LogP contribution is -2.42. The van der Waals surface area contributed by atoms with Gasteiger partial charge in [0.25, 0.3) is 0 Å². The number of aliphatic hydroxyl groups is 2. The first kappa shape index (κ1) is 9.17. The second-order valence-electron chi connectivity index (χ2n) is 6.03. The van der Waals surface area contributed by atoms with Crippen LogP contribution in [0.4, 0.5) is 0 Å². The monoisotopic (exact) mass is 196 g/mol. The fourth-order valence-corrected chi connectivity index (χ4v) is 4.40. The normalized spacial score (nSPS) is 61.5. The largest absolute Gasteiger partial charge is 0.393 e. The molecule has 0 radical (unpaired) electrons. The van der Waals surface area contributed by atoms with Crippen LogP contribution in [0.1, 0.15) is 39.0 Å². The third-order valence-electron chi connectivity index (χ3n) is 5.01. The van der Waals surface area contributed by atoms with Crippen LogP contribution in [0.3, 0.4) is 0 Å². The third-order valence-corrected chi connectivity index (χ3v) is 5.01. The lowest BCUT2D eigenvalue weighted by Gasteiger charge is -2.43. The molecule has 0 saturated heterocycles. The van der Waals surface area contributed by atoms with E-state index in [0.29, 0.717) is 11.8 Å². The summed E-state index contributed by atoms with van der Waals surface area (Å²) >= 11 is 0. The van der Waals surface area contributed by atoms with Crippen molar-refractivity contribution in [2.45, 2.75) is 50.7 Å². The van der Waals surface area contributed by atoms with Crippen molar-refractivity contribution in [3.05, 3.63) is 0 Å². The van der Waals surface area contributed by atoms with E-state index in [4.69, 9.17) is 0 Å². The molecule has 0 aromatic rings. The number of rotatable bonds is 0. The van der Waals surface area contributed by atoms with Crippen LogP contribution in [0.15, 0.2) is 0 Å². The van der Waals surface area contributed by atoms with E-state index in [2.05, 4.69) is 0 Å². The molecule has 2 nitrogen and oxygen atoms in total. The molecular formula is C12H20O2. The van der Waals surface area contributed by atoms with Crippen molar-refractivity contribution in [1.82, 2.24) is 0 Å². The molecule has 2 N–H and O–H groups in total. The maximum absolute atomic E-state index is 10.1. The molecule has 3 aliphatic rings. The molecular weight excluding hydrogens is 176 g/mol. The molecule has 6 unspecified atom stereocenters. The van der Waals surface area contributed by atoms with Crippen LogP contribution in [0.25, 0.3) is 0 Å². The number of hydrogen-bond donors (Lipinski definition) is 2. The number of hydrogen-bond acceptors (Lipinski definition) is 2. The van der Waals surface area contributed by atoms with Crippen LogP contribution in [0.2, 0.25) is 0 Å². The summed E-state index contributed by atoms with van der Waals surface area (Å²) in [6.45, 7) is 1.96. The Bertz CT molecular complexity index is 247. The predicted molar refractivity (Wildman–Crippen MR) is 53.7 cm³/mol. The second-order valence-corrected chi connectivity index (χ2v) is 6.03. The van der Waals surface area contributed by atoms with Gasteiger partial charge in [-0.15, -0.1) is 0 Å². The average molecular weight is 196 g/mol. The quantitative estimate of drug-likeness (QED) is 0.617. The number of fused-ring (bicyclic) bond motifs is 5. The van der Waals surface area contributed by atoms with Crippen LogP contribution in [-0.4, -0.2) is 21.9 Å². The first-order chi connectivity index (χ1) is 6.57. The van der Waals surface area contributed by atoms with Crippen molar-refractivity contribution in [3.8, 4) is 0 Å². The van der Waals surface area contributed by atoms with E-state index < -0.39 is 5.60 Å². The van der Waals surface area contributed by atoms with E-state index in [1.54, 1.807) is 0 Å². The molecule has 3 fully saturated rings. The van der Waals surface area contributed by atoms with Crippen molar-refractivity contribution >= 4 is 0 Å². The highest BCUT2D eigenvalue weighted by Gasteiger charge is 2.55. The van der Waals surface area contributed by atoms with Gasteiger partial charge in [-0.05, 0) is 62.7 Å². The summed E-state index contributed by atoms with van der Waals surface area (Å²) in [5.41, 5.74) is -0.453. The van der Waals surface area contributed by atoms with Crippen LogP contribution in [0.5, 0.6) is 0 Å². The SMILES string of the molecule is CC1(O)CCC2C3CC(O)C(C3)C2C1. The Morgan fingerprint density at radius 1 is 1.14 bits per heavy atom. The Kier molecular flexibility index (Phi) is 1.79. The molecule has 3 saturated carbocycles. The van der Waals surface area contributed by atoms with E-state index in [-0.39, 0.29) is 6.10 Å². The van der Waals surface area contributed by atoms with E-state index in [9.17, 15) is 10.2 Å². The van der Waals surface area contributed by atoms with Crippen molar-refractivity contribution in [2.24, 2.45) is 23.7 Å². The minimum atomic E-state index is -0.453. The summed E-state index contributed by atoms with van der Waals surface area (Å²) < 4.78 is 0. The van der Waals surface area contributed by atoms with E-state index >= 15 is 0 Å². The Morgan fingerprint density at radius 2 is 1.93 bits per heavy atom. The first-order valence-corrected chi connectivity index (χ1v) is 5.97. The van der Waals surface area contributed by atoms with Gasteiger partial charge in [0.1, 0.15) is 0 Å². The maximum Gasteiger partial charge on any atom is 0.0622 e. The summed E-state index contributed by atoms with van der Waals surface area (Å²) in [5.74, 6) is 2.73. The van der Waals surface area contributed by atoms with Gasteiger partial charge in [0.15, 0.2) is 0 Å². The van der Waals surface area contributed by atoms with Crippen LogP contribution < -0.4 is 0 Å². The van der Waals surface area contributed by atoms with Gasteiger partial charge in [-0.3, -0.25) is 0 Å². The van der Waals surface area contributed by atoms with Gasteiger partial charge >= 0.3 is 0 Å². The first-order valence-electron chi connectivity index (χ1n) is 5.97. The second kappa shape index (κ2) is 2.73. The fraction of sp³-hybridized carbons (Fsp3) is 1.00. The topological polar surface area (TPSA) is 40.5 Å². The minimum Gasteiger partial charge on any atom is -0.393 e. The molecule has 0 spiro atoms. The average Bonchev–Trinajstić information content (AvgIpc) is 2.58. The Morgan fingerprint density at radius 3 is 2.71 bits per heavy atom. The highest BCUT2D eigenvalue weighted by molar-refractivity contribution is 5.05. The zero-order valence-corrected chi connectivity index (χ0v) is 8.82. The van der Waals surface area contributed by atoms with Gasteiger partial charge in [-0.2, -0.15) is 0 Å². The van der Waals surface area contributed by atoms with Gasteiger partial charge < -0.3 is 10.2 Å². The zero-order valence-electron chi connectivity index (χ0n) is 8.82. The fourth-order valence-electron chi connectivity index (χ4n) is 4.40. The van der Waals surface area contributed by atoms with Crippen LogP contribution >= 0.6 is 0 Å². The summed E-state index contributed by atoms with van der Waals surface area (Å²) in [6, 6.07) is 0. The Labute approximate surface area is 85.3 Å². The predicted octanol–water partition coefficient (Wildman–Crippen LogP) is 1.55. The lowest BCUT2D eigenvalue weighted by atomic mass is 9.66. The molecule has 6 atom stereocenters. The molecule has 2 bridgehead atoms. The van der Waals surface area contributed by atoms with Crippen LogP contribution in [0, 0.1) is 23.7 Å². The van der Waals surface area contributed by atoms with Crippen molar-refractivity contribution in [1.29, 1.82) is 0 Å². The zero-order chi connectivity index (χ0) is 9.92. The van der Waals surface area contributed by atoms with Gasteiger partial charge in [-0.1, -0.05) is 0 Å². The molecule has 14 heavy (non-hydrogen) atoms. The molecule has 0 heterocycles. The molecule has 3 aliphatic carbocycles. The summed E-state index contributed by atoms with van der Waals surface area (Å²) in [5, 5.41) is 19.9. The van der Waals surface area contributed by atoms with Crippen molar-refractivity contribution in [3.63, 3.8) is 0 Å². The van der Waals surface area contributed by atoms with Crippen LogP contribution in [-0.2, 0) is 0 Å². The van der Waals surface area contributed by atoms with Crippen molar-refractivity contribution in [2.75, 3.05) is 0 Å². The summed E-state index contributed by atoms with van der Waals surface area (Å²) in [4.78, 5) is 0. The summed E-state index contributed by atoms with van der Waals surface area (Å²) in [6.07, 6.45) is 5.28. The molecule has 80 valence electrons. The molecule has 0 aromatic carbocycles. The number of aliphatic hydroxyl groups excluding tert-OH is 1. The summed E-state index contributed by atoms with van der Waals surface area (Å²) in [7, 11) is 0. The molecule has 0 aromatic heterocycles. The molecule has 2 heteroatoms. The highest BCUT2D eigenvalue weighted by atomic mass is 16.3. The van der Waals surface area contributed by atoms with Gasteiger partial charge in [0, 0.05) is 0 Å². The van der Waals surface area contributed by atoms with Crippen molar-refractivity contribution < 1.29 is 10.2 Å². The van der Waals surface area contributed by atoms with E-state index in [1.165, 1.54) is 12.8 Å². The standard InChI is InChI=1S/C12H20O2/c1-12(14)3-2-8-7-4-9(10(8)6-12)11(13)5-7/h7-11,13-14H,2-6H2,1H3. The van der Waals surface area contributed by atoms with Gasteiger partial charge in [-0.25, -0.2) is 0 Å². The lowest BCUT2D eigenvalue weighted by molar-refractivity contribution is -0.0566. The van der Waals surface area contributed by atoms with E-state index in [1.807, 2.05) is 6.92 Å². The maximum atomic E-state index is 10.1. The Hall–Kier alpha value is -0.0800. The molecule has 3 rings (SSSR count). The highest BCUT2D eigenvalue weighted by Crippen LogP contribution is 2.58. The smallest absolute Gasteiger partial charge is 0.0622 e. The van der Waals surface area contributed by atoms with Gasteiger partial charge in [0.2, 0.25) is 0 Å². The molecule has 0 aliphatic heterocycles. The Balaban J connectivity index is 1.82. The van der Waals surface area contributed by atoms with Gasteiger partial charge in [0.05, 0.1) is 11.7 Å².